The molecule has 76 valence electrons. The average Bonchev–Trinajstić information content (AvgIpc) is 2.36. The maximum Gasteiger partial charge on any atom is 0.0162 e. The molecule has 4 rings (SSSR count). The second-order valence-corrected chi connectivity index (χ2v) is 6.47. The average molecular weight is 316 g/mol. The van der Waals surface area contributed by atoms with Crippen LogP contribution in [0.15, 0.2) is 48.5 Å². The molecule has 0 amide bonds. The Bertz CT molecular complexity index is 689. The van der Waals surface area contributed by atoms with Gasteiger partial charge in [0.15, 0.2) is 0 Å². The third-order valence-electron chi connectivity index (χ3n) is 3.16. The molecule has 0 nitrogen and oxygen atoms in total. The highest BCUT2D eigenvalue weighted by atomic mass is 127. The maximum atomic E-state index is 2.45. The highest BCUT2D eigenvalue weighted by Crippen LogP contribution is 2.36. The summed E-state index contributed by atoms with van der Waals surface area (Å²) in [6.45, 7) is 0. The van der Waals surface area contributed by atoms with Crippen LogP contribution in [0.5, 0.6) is 0 Å². The number of hydrogen-bond acceptors (Lipinski definition) is 0. The van der Waals surface area contributed by atoms with Crippen molar-refractivity contribution in [3.05, 3.63) is 57.7 Å². The smallest absolute Gasteiger partial charge is 0.0162 e. The zero-order valence-electron chi connectivity index (χ0n) is 8.57. The van der Waals surface area contributed by atoms with Gasteiger partial charge >= 0.3 is 0 Å². The van der Waals surface area contributed by atoms with Crippen LogP contribution in [-0.2, 0) is 0 Å². The Morgan fingerprint density at radius 1 is 0.688 bits per heavy atom. The van der Waals surface area contributed by atoms with E-state index in [0.717, 1.165) is 0 Å². The van der Waals surface area contributed by atoms with Crippen LogP contribution in [0, 0.1) is 3.57 Å². The summed E-state index contributed by atoms with van der Waals surface area (Å²) >= 11 is 0.0515. The molecule has 0 unspecified atom stereocenters. The molecule has 0 spiro atoms. The van der Waals surface area contributed by atoms with Gasteiger partial charge in [0.25, 0.3) is 0 Å². The van der Waals surface area contributed by atoms with Gasteiger partial charge in [0.2, 0.25) is 0 Å². The van der Waals surface area contributed by atoms with E-state index >= 15 is 0 Å². The van der Waals surface area contributed by atoms with E-state index in [1.165, 1.54) is 27.1 Å². The molecule has 0 bridgehead atoms. The first-order valence-corrected chi connectivity index (χ1v) is 7.67. The van der Waals surface area contributed by atoms with Crippen molar-refractivity contribution in [2.75, 3.05) is 0 Å². The van der Waals surface area contributed by atoms with Crippen LogP contribution in [-0.4, -0.2) is 4.01 Å². The van der Waals surface area contributed by atoms with Gasteiger partial charge in [0.1, 0.15) is 0 Å². The van der Waals surface area contributed by atoms with Crippen molar-refractivity contribution in [1.82, 2.24) is 0 Å². The molecule has 16 heavy (non-hydrogen) atoms. The fraction of sp³-hybridized carbons (Fsp3) is 0. The Morgan fingerprint density at radius 3 is 2.31 bits per heavy atom. The van der Waals surface area contributed by atoms with Crippen LogP contribution < -0.4 is 0 Å². The van der Waals surface area contributed by atoms with E-state index in [-0.39, 0.29) is 20.7 Å². The number of hydrogen-bond donors (Lipinski definition) is 0. The first-order chi connectivity index (χ1) is 7.93. The zero-order chi connectivity index (χ0) is 10.5. The molecule has 3 aromatic rings. The van der Waals surface area contributed by atoms with Crippen molar-refractivity contribution in [3.63, 3.8) is 0 Å². The summed E-state index contributed by atoms with van der Waals surface area (Å²) < 4.78 is 4.02. The van der Waals surface area contributed by atoms with E-state index in [1.54, 1.807) is 3.57 Å². The van der Waals surface area contributed by atoms with Gasteiger partial charge in [-0.25, -0.2) is 0 Å². The molecule has 1 heteroatoms. The molecule has 0 radical (unpaired) electrons. The molecule has 1 heterocycles. The first kappa shape index (κ1) is 8.88. The normalized spacial score (nSPS) is 13.2. The minimum absolute atomic E-state index is 0.0515. The van der Waals surface area contributed by atoms with Crippen molar-refractivity contribution in [2.45, 2.75) is 0 Å². The van der Waals surface area contributed by atoms with Crippen LogP contribution >= 0.6 is 20.7 Å². The quantitative estimate of drug-likeness (QED) is 0.335. The fourth-order valence-corrected chi connectivity index (χ4v) is 4.94. The van der Waals surface area contributed by atoms with Gasteiger partial charge in [-0.2, -0.15) is 0 Å². The van der Waals surface area contributed by atoms with Crippen molar-refractivity contribution in [3.8, 4) is 0 Å². The van der Waals surface area contributed by atoms with E-state index in [1.807, 2.05) is 0 Å². The highest BCUT2D eigenvalue weighted by Gasteiger charge is 2.10. The fourth-order valence-electron chi connectivity index (χ4n) is 2.44. The maximum absolute atomic E-state index is 2.45. The minimum atomic E-state index is 0.0515. The topological polar surface area (TPSA) is 0 Å². The van der Waals surface area contributed by atoms with E-state index in [9.17, 15) is 0 Å². The molecular weight excluding hydrogens is 307 g/mol. The van der Waals surface area contributed by atoms with Gasteiger partial charge in [-0.3, -0.25) is 0 Å². The predicted octanol–water partition coefficient (Wildman–Crippen LogP) is 4.30. The van der Waals surface area contributed by atoms with Crippen molar-refractivity contribution < 1.29 is 0 Å². The molecule has 1 aliphatic rings. The number of benzene rings is 3. The Balaban J connectivity index is 2.44. The lowest BCUT2D eigenvalue weighted by Crippen LogP contribution is -1.91. The summed E-state index contributed by atoms with van der Waals surface area (Å²) in [5.41, 5.74) is 1.44. The van der Waals surface area contributed by atoms with E-state index in [4.69, 9.17) is 0 Å². The van der Waals surface area contributed by atoms with Gasteiger partial charge in [0, 0.05) is 8.96 Å². The lowest BCUT2D eigenvalue weighted by molar-refractivity contribution is 1.72. The summed E-state index contributed by atoms with van der Waals surface area (Å²) in [6.07, 6.45) is 0. The Kier molecular flexibility index (Phi) is 1.74. The van der Waals surface area contributed by atoms with E-state index in [2.05, 4.69) is 52.5 Å². The van der Waals surface area contributed by atoms with E-state index in [0.29, 0.717) is 0 Å². The van der Waals surface area contributed by atoms with Crippen molar-refractivity contribution in [2.24, 2.45) is 0 Å². The lowest BCUT2D eigenvalue weighted by Gasteiger charge is -2.13. The summed E-state index contributed by atoms with van der Waals surface area (Å²) in [4.78, 5) is 0. The molecule has 3 aromatic carbocycles. The van der Waals surface area contributed by atoms with E-state index < -0.39 is 0 Å². The SMILES string of the molecule is C1=Ic2cccc3ccc4cccc1c4c23. The third-order valence-corrected chi connectivity index (χ3v) is 5.71. The van der Waals surface area contributed by atoms with Gasteiger partial charge in [0.05, 0.1) is 0 Å². The zero-order valence-corrected chi connectivity index (χ0v) is 10.7. The van der Waals surface area contributed by atoms with Crippen LogP contribution in [0.25, 0.3) is 21.5 Å². The first-order valence-electron chi connectivity index (χ1n) is 5.34. The van der Waals surface area contributed by atoms with Crippen molar-refractivity contribution >= 4 is 46.3 Å². The summed E-state index contributed by atoms with van der Waals surface area (Å²) in [5.74, 6) is 0. The molecule has 0 N–H and O–H groups in total. The molecular formula is C15H9I. The summed E-state index contributed by atoms with van der Waals surface area (Å²) in [6, 6.07) is 17.8. The van der Waals surface area contributed by atoms with Gasteiger partial charge in [-0.1, -0.05) is 63.2 Å². The molecule has 0 saturated carbocycles. The third kappa shape index (κ3) is 1.07. The lowest BCUT2D eigenvalue weighted by atomic mass is 9.98. The van der Waals surface area contributed by atoms with Crippen LogP contribution in [0.2, 0.25) is 0 Å². The van der Waals surface area contributed by atoms with Crippen LogP contribution in [0.1, 0.15) is 5.56 Å². The highest BCUT2D eigenvalue weighted by molar-refractivity contribution is 14.2. The molecule has 0 saturated heterocycles. The van der Waals surface area contributed by atoms with Crippen LogP contribution in [0.4, 0.5) is 0 Å². The molecule has 0 aliphatic carbocycles. The van der Waals surface area contributed by atoms with Gasteiger partial charge < -0.3 is 0 Å². The van der Waals surface area contributed by atoms with Gasteiger partial charge in [-0.05, 0) is 31.8 Å². The largest absolute Gasteiger partial charge is 0.0843 e. The second kappa shape index (κ2) is 3.14. The predicted molar refractivity (Wildman–Crippen MR) is 79.3 cm³/mol. The standard InChI is InChI=1S/C15H9I/c1-3-10-7-8-11-4-2-6-13-15(11)14(10)12(5-1)9-16-13/h1-9H. The van der Waals surface area contributed by atoms with Crippen LogP contribution in [0.3, 0.4) is 0 Å². The monoisotopic (exact) mass is 316 g/mol. The van der Waals surface area contributed by atoms with Crippen molar-refractivity contribution in [1.29, 1.82) is 0 Å². The molecule has 0 aromatic heterocycles. The molecule has 0 atom stereocenters. The van der Waals surface area contributed by atoms with Gasteiger partial charge in [-0.15, -0.1) is 0 Å². The minimum Gasteiger partial charge on any atom is -0.0843 e. The number of halogens is 1. The Hall–Kier alpha value is -1.22. The Morgan fingerprint density at radius 2 is 1.44 bits per heavy atom. The molecule has 0 fully saturated rings. The summed E-state index contributed by atoms with van der Waals surface area (Å²) in [7, 11) is 0. The number of rotatable bonds is 0. The Labute approximate surface area is 104 Å². The summed E-state index contributed by atoms with van der Waals surface area (Å²) in [5, 5.41) is 5.73. The molecule has 1 aliphatic heterocycles. The second-order valence-electron chi connectivity index (χ2n) is 4.07.